The third kappa shape index (κ3) is 5.21. The van der Waals surface area contributed by atoms with E-state index in [4.69, 9.17) is 4.74 Å². The normalized spacial score (nSPS) is 12.2. The molecule has 0 saturated carbocycles. The number of carbonyl (C=O) groups is 1. The molecule has 0 radical (unpaired) electrons. The zero-order valence-electron chi connectivity index (χ0n) is 9.72. The maximum absolute atomic E-state index is 11.7. The number of hydrogen-bond acceptors (Lipinski definition) is 4. The van der Waals surface area contributed by atoms with E-state index in [0.717, 1.165) is 4.90 Å². The number of benzene rings is 1. The molecule has 1 unspecified atom stereocenters. The second-order valence-electron chi connectivity index (χ2n) is 3.70. The largest absolute Gasteiger partial charge is 0.391 e. The molecule has 0 aromatic heterocycles. The molecule has 17 heavy (non-hydrogen) atoms. The van der Waals surface area contributed by atoms with Crippen molar-refractivity contribution >= 4 is 18.5 Å². The summed E-state index contributed by atoms with van der Waals surface area (Å²) in [5, 5.41) is 12.1. The van der Waals surface area contributed by atoms with Gasteiger partial charge in [0.1, 0.15) is 0 Å². The number of ether oxygens (including phenoxy) is 1. The molecule has 0 heterocycles. The van der Waals surface area contributed by atoms with Crippen molar-refractivity contribution in [2.45, 2.75) is 17.4 Å². The maximum Gasteiger partial charge on any atom is 0.251 e. The molecule has 1 amide bonds. The number of nitrogens with one attached hydrogen (secondary N) is 1. The standard InChI is InChI=1S/C12H17NO3S/c1-16-8-10(14)5-6-13-12(15)9-3-2-4-11(17)7-9/h2-4,7,10,14,17H,5-6,8H2,1H3,(H,13,15). The Morgan fingerprint density at radius 3 is 3.00 bits per heavy atom. The van der Waals surface area contributed by atoms with Crippen LogP contribution < -0.4 is 5.32 Å². The summed E-state index contributed by atoms with van der Waals surface area (Å²) in [6.45, 7) is 0.697. The van der Waals surface area contributed by atoms with Crippen LogP contribution in [0.3, 0.4) is 0 Å². The van der Waals surface area contributed by atoms with Gasteiger partial charge in [-0.2, -0.15) is 0 Å². The van der Waals surface area contributed by atoms with Gasteiger partial charge < -0.3 is 15.2 Å². The van der Waals surface area contributed by atoms with Crippen LogP contribution in [-0.4, -0.2) is 37.4 Å². The predicted octanol–water partition coefficient (Wildman–Crippen LogP) is 1.10. The average molecular weight is 255 g/mol. The number of aliphatic hydroxyl groups excluding tert-OH is 1. The van der Waals surface area contributed by atoms with Crippen LogP contribution in [0.1, 0.15) is 16.8 Å². The number of amides is 1. The Bertz CT molecular complexity index is 371. The summed E-state index contributed by atoms with van der Waals surface area (Å²) in [4.78, 5) is 12.4. The summed E-state index contributed by atoms with van der Waals surface area (Å²) in [6, 6.07) is 7.00. The lowest BCUT2D eigenvalue weighted by atomic mass is 10.2. The van der Waals surface area contributed by atoms with Gasteiger partial charge in [-0.25, -0.2) is 0 Å². The van der Waals surface area contributed by atoms with E-state index in [0.29, 0.717) is 18.5 Å². The number of carbonyl (C=O) groups excluding carboxylic acids is 1. The van der Waals surface area contributed by atoms with Crippen molar-refractivity contribution in [3.8, 4) is 0 Å². The lowest BCUT2D eigenvalue weighted by Crippen LogP contribution is -2.28. The minimum absolute atomic E-state index is 0.162. The predicted molar refractivity (Wildman–Crippen MR) is 68.5 cm³/mol. The average Bonchev–Trinajstić information content (AvgIpc) is 2.29. The van der Waals surface area contributed by atoms with Crippen molar-refractivity contribution in [1.82, 2.24) is 5.32 Å². The first kappa shape index (κ1) is 14.0. The zero-order chi connectivity index (χ0) is 12.7. The molecule has 1 rings (SSSR count). The van der Waals surface area contributed by atoms with Gasteiger partial charge in [-0.1, -0.05) is 6.07 Å². The van der Waals surface area contributed by atoms with Gasteiger partial charge in [-0.05, 0) is 24.6 Å². The van der Waals surface area contributed by atoms with E-state index in [1.807, 2.05) is 6.07 Å². The molecule has 94 valence electrons. The highest BCUT2D eigenvalue weighted by molar-refractivity contribution is 7.80. The Balaban J connectivity index is 2.35. The Kier molecular flexibility index (Phi) is 6.04. The van der Waals surface area contributed by atoms with Crippen LogP contribution in [0.4, 0.5) is 0 Å². The molecule has 0 fully saturated rings. The third-order valence-corrected chi connectivity index (χ3v) is 2.51. The molecule has 5 heteroatoms. The molecule has 1 aromatic rings. The summed E-state index contributed by atoms with van der Waals surface area (Å²) in [7, 11) is 1.53. The van der Waals surface area contributed by atoms with Gasteiger partial charge in [0, 0.05) is 24.1 Å². The van der Waals surface area contributed by atoms with Crippen LogP contribution in [0.5, 0.6) is 0 Å². The minimum Gasteiger partial charge on any atom is -0.391 e. The topological polar surface area (TPSA) is 58.6 Å². The molecule has 0 aliphatic carbocycles. The lowest BCUT2D eigenvalue weighted by Gasteiger charge is -2.10. The molecular weight excluding hydrogens is 238 g/mol. The van der Waals surface area contributed by atoms with Crippen LogP contribution >= 0.6 is 12.6 Å². The van der Waals surface area contributed by atoms with E-state index in [1.165, 1.54) is 7.11 Å². The van der Waals surface area contributed by atoms with Crippen molar-refractivity contribution in [3.05, 3.63) is 29.8 Å². The SMILES string of the molecule is COCC(O)CCNC(=O)c1cccc(S)c1. The van der Waals surface area contributed by atoms with Gasteiger partial charge in [-0.3, -0.25) is 4.79 Å². The van der Waals surface area contributed by atoms with Crippen LogP contribution in [0, 0.1) is 0 Å². The summed E-state index contributed by atoms with van der Waals surface area (Å²) in [5.74, 6) is -0.162. The molecule has 0 aliphatic rings. The second kappa shape index (κ2) is 7.32. The Hall–Kier alpha value is -1.04. The Morgan fingerprint density at radius 2 is 2.35 bits per heavy atom. The first-order chi connectivity index (χ1) is 8.13. The van der Waals surface area contributed by atoms with E-state index in [9.17, 15) is 9.90 Å². The summed E-state index contributed by atoms with van der Waals surface area (Å²) in [6.07, 6.45) is -0.0725. The number of aliphatic hydroxyl groups is 1. The van der Waals surface area contributed by atoms with Crippen molar-refractivity contribution < 1.29 is 14.6 Å². The number of rotatable bonds is 6. The highest BCUT2D eigenvalue weighted by Crippen LogP contribution is 2.08. The van der Waals surface area contributed by atoms with E-state index < -0.39 is 6.10 Å². The van der Waals surface area contributed by atoms with Crippen LogP contribution in [-0.2, 0) is 4.74 Å². The van der Waals surface area contributed by atoms with Gasteiger partial charge in [0.25, 0.3) is 5.91 Å². The van der Waals surface area contributed by atoms with Crippen molar-refractivity contribution in [3.63, 3.8) is 0 Å². The number of thiol groups is 1. The van der Waals surface area contributed by atoms with E-state index in [1.54, 1.807) is 18.2 Å². The van der Waals surface area contributed by atoms with Crippen molar-refractivity contribution in [1.29, 1.82) is 0 Å². The molecule has 0 spiro atoms. The van der Waals surface area contributed by atoms with Gasteiger partial charge in [0.2, 0.25) is 0 Å². The quantitative estimate of drug-likeness (QED) is 0.667. The van der Waals surface area contributed by atoms with Crippen LogP contribution in [0.15, 0.2) is 29.2 Å². The molecule has 0 saturated heterocycles. The Labute approximate surface area is 106 Å². The fraction of sp³-hybridized carbons (Fsp3) is 0.417. The third-order valence-electron chi connectivity index (χ3n) is 2.23. The first-order valence-electron chi connectivity index (χ1n) is 5.37. The monoisotopic (exact) mass is 255 g/mol. The lowest BCUT2D eigenvalue weighted by molar-refractivity contribution is 0.0587. The highest BCUT2D eigenvalue weighted by Gasteiger charge is 2.07. The van der Waals surface area contributed by atoms with E-state index >= 15 is 0 Å². The molecule has 0 bridgehead atoms. The molecule has 4 nitrogen and oxygen atoms in total. The summed E-state index contributed by atoms with van der Waals surface area (Å²) in [5.41, 5.74) is 0.568. The highest BCUT2D eigenvalue weighted by atomic mass is 32.1. The Morgan fingerprint density at radius 1 is 1.59 bits per heavy atom. The van der Waals surface area contributed by atoms with E-state index in [2.05, 4.69) is 17.9 Å². The minimum atomic E-state index is -0.545. The van der Waals surface area contributed by atoms with Crippen LogP contribution in [0.25, 0.3) is 0 Å². The van der Waals surface area contributed by atoms with Gasteiger partial charge >= 0.3 is 0 Å². The molecule has 1 aromatic carbocycles. The summed E-state index contributed by atoms with van der Waals surface area (Å²) >= 11 is 4.16. The van der Waals surface area contributed by atoms with Crippen molar-refractivity contribution in [2.75, 3.05) is 20.3 Å². The fourth-order valence-electron chi connectivity index (χ4n) is 1.38. The zero-order valence-corrected chi connectivity index (χ0v) is 10.6. The van der Waals surface area contributed by atoms with Gasteiger partial charge in [0.05, 0.1) is 12.7 Å². The second-order valence-corrected chi connectivity index (χ2v) is 4.22. The molecule has 2 N–H and O–H groups in total. The smallest absolute Gasteiger partial charge is 0.251 e. The van der Waals surface area contributed by atoms with E-state index in [-0.39, 0.29) is 12.5 Å². The van der Waals surface area contributed by atoms with Crippen molar-refractivity contribution in [2.24, 2.45) is 0 Å². The fourth-order valence-corrected chi connectivity index (χ4v) is 1.60. The molecule has 0 aliphatic heterocycles. The molecular formula is C12H17NO3S. The van der Waals surface area contributed by atoms with Crippen LogP contribution in [0.2, 0.25) is 0 Å². The first-order valence-corrected chi connectivity index (χ1v) is 5.82. The molecule has 1 atom stereocenters. The van der Waals surface area contributed by atoms with Gasteiger partial charge in [0.15, 0.2) is 0 Å². The number of hydrogen-bond donors (Lipinski definition) is 3. The van der Waals surface area contributed by atoms with Gasteiger partial charge in [-0.15, -0.1) is 12.6 Å². The number of methoxy groups -OCH3 is 1. The maximum atomic E-state index is 11.7. The summed E-state index contributed by atoms with van der Waals surface area (Å²) < 4.78 is 4.79.